The Kier molecular flexibility index (Phi) is 3.49. The summed E-state index contributed by atoms with van der Waals surface area (Å²) in [6.07, 6.45) is -2.36. The van der Waals surface area contributed by atoms with E-state index in [0.29, 0.717) is 12.0 Å². The van der Waals surface area contributed by atoms with E-state index >= 15 is 0 Å². The summed E-state index contributed by atoms with van der Waals surface area (Å²) in [5.74, 6) is -0.323. The van der Waals surface area contributed by atoms with Crippen LogP contribution in [-0.2, 0) is 4.79 Å². The zero-order valence-corrected chi connectivity index (χ0v) is 7.96. The second-order valence-electron chi connectivity index (χ2n) is 2.94. The molecule has 1 rings (SSSR count). The van der Waals surface area contributed by atoms with Crippen LogP contribution >= 0.6 is 0 Å². The van der Waals surface area contributed by atoms with Crippen molar-refractivity contribution in [2.75, 3.05) is 5.32 Å². The maximum absolute atomic E-state index is 12.4. The number of benzene rings is 1. The highest BCUT2D eigenvalue weighted by atomic mass is 19.3. The van der Waals surface area contributed by atoms with E-state index in [-0.39, 0.29) is 17.0 Å². The second kappa shape index (κ2) is 4.63. The van der Waals surface area contributed by atoms with Gasteiger partial charge in [-0.15, -0.1) is 0 Å². The van der Waals surface area contributed by atoms with E-state index in [0.717, 1.165) is 6.07 Å². The van der Waals surface area contributed by atoms with Gasteiger partial charge < -0.3 is 5.32 Å². The molecule has 0 saturated heterocycles. The van der Waals surface area contributed by atoms with Crippen LogP contribution in [0.2, 0.25) is 0 Å². The summed E-state index contributed by atoms with van der Waals surface area (Å²) in [5.41, 5.74) is -0.121. The number of halogens is 2. The van der Waals surface area contributed by atoms with Gasteiger partial charge in [-0.3, -0.25) is 9.59 Å². The van der Waals surface area contributed by atoms with E-state index in [1.54, 1.807) is 0 Å². The maximum atomic E-state index is 12.4. The van der Waals surface area contributed by atoms with Crippen molar-refractivity contribution >= 4 is 17.9 Å². The molecule has 0 radical (unpaired) electrons. The van der Waals surface area contributed by atoms with Crippen molar-refractivity contribution in [3.05, 3.63) is 29.3 Å². The predicted octanol–water partition coefficient (Wildman–Crippen LogP) is 2.40. The van der Waals surface area contributed by atoms with Gasteiger partial charge in [-0.25, -0.2) is 8.78 Å². The number of nitrogens with one attached hydrogen (secondary N) is 1. The molecule has 0 aromatic heterocycles. The summed E-state index contributed by atoms with van der Waals surface area (Å²) >= 11 is 0. The minimum atomic E-state index is -2.70. The number of carbonyl (C=O) groups excluding carboxylic acids is 2. The van der Waals surface area contributed by atoms with E-state index in [9.17, 15) is 18.4 Å². The van der Waals surface area contributed by atoms with Gasteiger partial charge in [0, 0.05) is 23.7 Å². The zero-order chi connectivity index (χ0) is 11.4. The van der Waals surface area contributed by atoms with Crippen molar-refractivity contribution in [2.24, 2.45) is 0 Å². The third-order valence-electron chi connectivity index (χ3n) is 1.77. The molecule has 1 N–H and O–H groups in total. The number of hydrogen-bond donors (Lipinski definition) is 1. The molecule has 80 valence electrons. The SMILES string of the molecule is CC(=O)Nc1ccc(C(F)F)c(C=O)c1. The highest BCUT2D eigenvalue weighted by molar-refractivity contribution is 5.90. The Morgan fingerprint density at radius 1 is 1.47 bits per heavy atom. The van der Waals surface area contributed by atoms with Crippen LogP contribution in [0.25, 0.3) is 0 Å². The van der Waals surface area contributed by atoms with Gasteiger partial charge in [0.25, 0.3) is 6.43 Å². The Hall–Kier alpha value is -1.78. The molecular formula is C10H9F2NO2. The molecule has 1 aromatic carbocycles. The number of carbonyl (C=O) groups is 2. The van der Waals surface area contributed by atoms with Crippen LogP contribution < -0.4 is 5.32 Å². The largest absolute Gasteiger partial charge is 0.326 e. The number of hydrogen-bond acceptors (Lipinski definition) is 2. The molecular weight excluding hydrogens is 204 g/mol. The monoisotopic (exact) mass is 213 g/mol. The van der Waals surface area contributed by atoms with E-state index < -0.39 is 6.43 Å². The van der Waals surface area contributed by atoms with Gasteiger partial charge in [-0.05, 0) is 12.1 Å². The van der Waals surface area contributed by atoms with Crippen molar-refractivity contribution in [2.45, 2.75) is 13.3 Å². The number of aldehydes is 1. The minimum absolute atomic E-state index is 0.115. The van der Waals surface area contributed by atoms with E-state index in [2.05, 4.69) is 5.32 Å². The average molecular weight is 213 g/mol. The number of alkyl halides is 2. The molecule has 0 unspecified atom stereocenters. The van der Waals surface area contributed by atoms with Crippen LogP contribution in [0.15, 0.2) is 18.2 Å². The first-order valence-corrected chi connectivity index (χ1v) is 4.19. The summed E-state index contributed by atoms with van der Waals surface area (Å²) in [6.45, 7) is 1.29. The molecule has 0 spiro atoms. The van der Waals surface area contributed by atoms with Crippen LogP contribution in [0.1, 0.15) is 29.3 Å². The van der Waals surface area contributed by atoms with Crippen LogP contribution in [0.5, 0.6) is 0 Å². The first kappa shape index (κ1) is 11.3. The molecule has 0 aliphatic heterocycles. The number of anilines is 1. The predicted molar refractivity (Wildman–Crippen MR) is 51.1 cm³/mol. The average Bonchev–Trinajstić information content (AvgIpc) is 2.16. The maximum Gasteiger partial charge on any atom is 0.264 e. The molecule has 0 bridgehead atoms. The van der Waals surface area contributed by atoms with Crippen LogP contribution in [0.3, 0.4) is 0 Å². The molecule has 0 heterocycles. The molecule has 0 saturated carbocycles. The van der Waals surface area contributed by atoms with Gasteiger partial charge >= 0.3 is 0 Å². The lowest BCUT2D eigenvalue weighted by Crippen LogP contribution is -2.06. The third-order valence-corrected chi connectivity index (χ3v) is 1.77. The first-order valence-electron chi connectivity index (χ1n) is 4.19. The second-order valence-corrected chi connectivity index (χ2v) is 2.94. The fraction of sp³-hybridized carbons (Fsp3) is 0.200. The van der Waals surface area contributed by atoms with Gasteiger partial charge in [0.05, 0.1) is 0 Å². The standard InChI is InChI=1S/C10H9F2NO2/c1-6(15)13-8-2-3-9(10(11)12)7(4-8)5-14/h2-5,10H,1H3,(H,13,15). The molecule has 15 heavy (non-hydrogen) atoms. The molecule has 0 fully saturated rings. The molecule has 0 atom stereocenters. The molecule has 0 aliphatic rings. The number of rotatable bonds is 3. The molecule has 1 amide bonds. The minimum Gasteiger partial charge on any atom is -0.326 e. The van der Waals surface area contributed by atoms with Gasteiger partial charge in [-0.2, -0.15) is 0 Å². The van der Waals surface area contributed by atoms with E-state index in [1.165, 1.54) is 19.1 Å². The lowest BCUT2D eigenvalue weighted by atomic mass is 10.1. The molecule has 3 nitrogen and oxygen atoms in total. The Bertz CT molecular complexity index is 391. The van der Waals surface area contributed by atoms with E-state index in [4.69, 9.17) is 0 Å². The fourth-order valence-corrected chi connectivity index (χ4v) is 1.16. The fourth-order valence-electron chi connectivity index (χ4n) is 1.16. The smallest absolute Gasteiger partial charge is 0.264 e. The van der Waals surface area contributed by atoms with Crippen molar-refractivity contribution in [1.29, 1.82) is 0 Å². The van der Waals surface area contributed by atoms with Gasteiger partial charge in [0.1, 0.15) is 0 Å². The van der Waals surface area contributed by atoms with Crippen molar-refractivity contribution < 1.29 is 18.4 Å². The summed E-state index contributed by atoms with van der Waals surface area (Å²) < 4.78 is 24.7. The van der Waals surface area contributed by atoms with Gasteiger partial charge in [0.2, 0.25) is 5.91 Å². The lowest BCUT2D eigenvalue weighted by molar-refractivity contribution is -0.114. The molecule has 1 aromatic rings. The Morgan fingerprint density at radius 2 is 2.13 bits per heavy atom. The van der Waals surface area contributed by atoms with Gasteiger partial charge in [-0.1, -0.05) is 6.07 Å². The molecule has 0 aliphatic carbocycles. The normalized spacial score (nSPS) is 10.1. The first-order chi connectivity index (χ1) is 7.04. The summed E-state index contributed by atoms with van der Waals surface area (Å²) in [6, 6.07) is 3.67. The Morgan fingerprint density at radius 3 is 2.60 bits per heavy atom. The molecule has 5 heteroatoms. The summed E-state index contributed by atoms with van der Waals surface area (Å²) in [7, 11) is 0. The zero-order valence-electron chi connectivity index (χ0n) is 7.96. The van der Waals surface area contributed by atoms with Crippen molar-refractivity contribution in [3.8, 4) is 0 Å². The lowest BCUT2D eigenvalue weighted by Gasteiger charge is -2.06. The Balaban J connectivity index is 3.07. The van der Waals surface area contributed by atoms with Crippen LogP contribution in [0, 0.1) is 0 Å². The summed E-state index contributed by atoms with van der Waals surface area (Å²) in [5, 5.41) is 2.40. The Labute approximate surface area is 85.1 Å². The highest BCUT2D eigenvalue weighted by Gasteiger charge is 2.12. The third kappa shape index (κ3) is 2.83. The van der Waals surface area contributed by atoms with Crippen LogP contribution in [0.4, 0.5) is 14.5 Å². The van der Waals surface area contributed by atoms with Crippen LogP contribution in [-0.4, -0.2) is 12.2 Å². The van der Waals surface area contributed by atoms with Gasteiger partial charge in [0.15, 0.2) is 6.29 Å². The number of amides is 1. The topological polar surface area (TPSA) is 46.2 Å². The van der Waals surface area contributed by atoms with E-state index in [1.807, 2.05) is 0 Å². The highest BCUT2D eigenvalue weighted by Crippen LogP contribution is 2.24. The summed E-state index contributed by atoms with van der Waals surface area (Å²) in [4.78, 5) is 21.2. The van der Waals surface area contributed by atoms with Crippen molar-refractivity contribution in [1.82, 2.24) is 0 Å². The quantitative estimate of drug-likeness (QED) is 0.783. The van der Waals surface area contributed by atoms with Crippen molar-refractivity contribution in [3.63, 3.8) is 0 Å².